The van der Waals surface area contributed by atoms with E-state index in [1.807, 2.05) is 6.08 Å². The molecule has 4 heteroatoms. The van der Waals surface area contributed by atoms with Crippen LogP contribution in [0.4, 0.5) is 0 Å². The Labute approximate surface area is 107 Å². The molecule has 0 N–H and O–H groups in total. The summed E-state index contributed by atoms with van der Waals surface area (Å²) in [4.78, 5) is 26.8. The van der Waals surface area contributed by atoms with Crippen molar-refractivity contribution in [3.05, 3.63) is 12.2 Å². The highest BCUT2D eigenvalue weighted by molar-refractivity contribution is 6.00. The summed E-state index contributed by atoms with van der Waals surface area (Å²) in [5.41, 5.74) is -0.697. The number of hydrogen-bond donors (Lipinski definition) is 0. The van der Waals surface area contributed by atoms with Gasteiger partial charge in [-0.25, -0.2) is 0 Å². The average molecular weight is 249 g/mol. The number of hydrogen-bond acceptors (Lipinski definition) is 4. The molecule has 0 aromatic heterocycles. The highest BCUT2D eigenvalue weighted by Crippen LogP contribution is 2.48. The number of esters is 1. The quantitative estimate of drug-likeness (QED) is 0.654. The standard InChI is InChI=1S/C14H19NO3/c1-18-13(17)14-10-4-2-8-15(14)9-3-5-11(14)12(16)7-6-10/h6-7,10-11H,2-5,8-9H2,1H3/t10-,11+,14-/m1/s1. The molecule has 2 fully saturated rings. The molecule has 2 aliphatic heterocycles. The maximum atomic E-state index is 12.4. The fourth-order valence-electron chi connectivity index (χ4n) is 4.14. The Morgan fingerprint density at radius 2 is 2.11 bits per heavy atom. The number of piperidine rings is 2. The lowest BCUT2D eigenvalue weighted by molar-refractivity contribution is -0.175. The van der Waals surface area contributed by atoms with Crippen LogP contribution >= 0.6 is 0 Å². The molecule has 3 rings (SSSR count). The maximum absolute atomic E-state index is 12.4. The zero-order chi connectivity index (χ0) is 12.8. The van der Waals surface area contributed by atoms with E-state index in [9.17, 15) is 9.59 Å². The molecule has 18 heavy (non-hydrogen) atoms. The van der Waals surface area contributed by atoms with Crippen LogP contribution in [-0.4, -0.2) is 42.4 Å². The highest BCUT2D eigenvalue weighted by Gasteiger charge is 2.61. The summed E-state index contributed by atoms with van der Waals surface area (Å²) in [5, 5.41) is 0. The molecule has 3 aliphatic rings. The van der Waals surface area contributed by atoms with E-state index in [2.05, 4.69) is 4.90 Å². The topological polar surface area (TPSA) is 46.6 Å². The van der Waals surface area contributed by atoms with Gasteiger partial charge in [0.25, 0.3) is 0 Å². The Bertz CT molecular complexity index is 415. The Balaban J connectivity index is 2.13. The van der Waals surface area contributed by atoms with Gasteiger partial charge in [0.15, 0.2) is 5.78 Å². The van der Waals surface area contributed by atoms with Crippen LogP contribution in [0.5, 0.6) is 0 Å². The van der Waals surface area contributed by atoms with E-state index in [1.54, 1.807) is 6.08 Å². The van der Waals surface area contributed by atoms with Crippen molar-refractivity contribution in [3.63, 3.8) is 0 Å². The summed E-state index contributed by atoms with van der Waals surface area (Å²) < 4.78 is 5.07. The van der Waals surface area contributed by atoms with Crippen LogP contribution in [0.1, 0.15) is 25.7 Å². The zero-order valence-electron chi connectivity index (χ0n) is 10.7. The van der Waals surface area contributed by atoms with Crippen molar-refractivity contribution in [1.29, 1.82) is 0 Å². The Hall–Kier alpha value is -1.16. The van der Waals surface area contributed by atoms with Gasteiger partial charge in [0.1, 0.15) is 5.54 Å². The average Bonchev–Trinajstić information content (AvgIpc) is 2.41. The first-order valence-corrected chi connectivity index (χ1v) is 6.76. The van der Waals surface area contributed by atoms with Crippen molar-refractivity contribution in [2.75, 3.05) is 20.2 Å². The van der Waals surface area contributed by atoms with Crippen LogP contribution in [0.25, 0.3) is 0 Å². The van der Waals surface area contributed by atoms with E-state index in [-0.39, 0.29) is 23.6 Å². The second-order valence-electron chi connectivity index (χ2n) is 5.51. The molecule has 0 unspecified atom stereocenters. The minimum absolute atomic E-state index is 0.100. The number of ether oxygens (including phenoxy) is 1. The van der Waals surface area contributed by atoms with Crippen molar-refractivity contribution in [3.8, 4) is 0 Å². The first-order chi connectivity index (χ1) is 8.71. The normalized spacial score (nSPS) is 39.3. The molecule has 1 aliphatic carbocycles. The van der Waals surface area contributed by atoms with Crippen LogP contribution in [-0.2, 0) is 14.3 Å². The molecule has 2 heterocycles. The third-order valence-corrected chi connectivity index (χ3v) is 4.83. The first kappa shape index (κ1) is 11.9. The molecule has 2 saturated heterocycles. The van der Waals surface area contributed by atoms with Gasteiger partial charge in [0.2, 0.25) is 0 Å². The van der Waals surface area contributed by atoms with E-state index < -0.39 is 5.54 Å². The Morgan fingerprint density at radius 1 is 1.39 bits per heavy atom. The molecule has 0 radical (unpaired) electrons. The molecule has 3 atom stereocenters. The second-order valence-corrected chi connectivity index (χ2v) is 5.51. The zero-order valence-corrected chi connectivity index (χ0v) is 10.7. The SMILES string of the molecule is COC(=O)[C@@]12[C@H]3C=CC(=O)[C@@H]1CCCN2CCC3. The summed E-state index contributed by atoms with van der Waals surface area (Å²) in [7, 11) is 1.43. The van der Waals surface area contributed by atoms with E-state index in [1.165, 1.54) is 7.11 Å². The molecule has 0 spiro atoms. The fourth-order valence-corrected chi connectivity index (χ4v) is 4.14. The predicted octanol–water partition coefficient (Wildman–Crippen LogP) is 1.16. The number of carbonyl (C=O) groups excluding carboxylic acids is 2. The van der Waals surface area contributed by atoms with Crippen molar-refractivity contribution in [2.24, 2.45) is 11.8 Å². The van der Waals surface area contributed by atoms with Gasteiger partial charge in [-0.15, -0.1) is 0 Å². The third-order valence-electron chi connectivity index (χ3n) is 4.83. The van der Waals surface area contributed by atoms with Crippen molar-refractivity contribution in [1.82, 2.24) is 4.90 Å². The van der Waals surface area contributed by atoms with Gasteiger partial charge in [0.05, 0.1) is 13.0 Å². The molecule has 0 aromatic rings. The summed E-state index contributed by atoms with van der Waals surface area (Å²) in [6.07, 6.45) is 7.50. The molecule has 98 valence electrons. The molecule has 4 nitrogen and oxygen atoms in total. The van der Waals surface area contributed by atoms with Gasteiger partial charge in [-0.1, -0.05) is 6.08 Å². The maximum Gasteiger partial charge on any atom is 0.327 e. The third kappa shape index (κ3) is 1.35. The van der Waals surface area contributed by atoms with Gasteiger partial charge >= 0.3 is 5.97 Å². The number of allylic oxidation sites excluding steroid dienone is 1. The number of rotatable bonds is 1. The summed E-state index contributed by atoms with van der Waals surface area (Å²) in [6.45, 7) is 1.81. The van der Waals surface area contributed by atoms with E-state index in [0.717, 1.165) is 38.8 Å². The number of carbonyl (C=O) groups is 2. The van der Waals surface area contributed by atoms with Crippen molar-refractivity contribution >= 4 is 11.8 Å². The Morgan fingerprint density at radius 3 is 2.83 bits per heavy atom. The van der Waals surface area contributed by atoms with Gasteiger partial charge < -0.3 is 4.74 Å². The molecule has 0 amide bonds. The van der Waals surface area contributed by atoms with Crippen LogP contribution in [0, 0.1) is 11.8 Å². The van der Waals surface area contributed by atoms with Gasteiger partial charge in [-0.2, -0.15) is 0 Å². The number of ketones is 1. The molecule has 0 aromatic carbocycles. The number of methoxy groups -OCH3 is 1. The van der Waals surface area contributed by atoms with E-state index >= 15 is 0 Å². The van der Waals surface area contributed by atoms with Crippen LogP contribution in [0.2, 0.25) is 0 Å². The summed E-state index contributed by atoms with van der Waals surface area (Å²) in [5.74, 6) is -0.173. The lowest BCUT2D eigenvalue weighted by Crippen LogP contribution is -2.70. The largest absolute Gasteiger partial charge is 0.468 e. The van der Waals surface area contributed by atoms with Gasteiger partial charge in [-0.3, -0.25) is 14.5 Å². The molecule has 0 saturated carbocycles. The van der Waals surface area contributed by atoms with Crippen molar-refractivity contribution in [2.45, 2.75) is 31.2 Å². The minimum Gasteiger partial charge on any atom is -0.468 e. The van der Waals surface area contributed by atoms with Crippen molar-refractivity contribution < 1.29 is 14.3 Å². The Kier molecular flexibility index (Phi) is 2.77. The molecular formula is C14H19NO3. The molecular weight excluding hydrogens is 230 g/mol. The summed E-state index contributed by atoms with van der Waals surface area (Å²) in [6, 6.07) is 0. The van der Waals surface area contributed by atoms with Gasteiger partial charge in [-0.05, 0) is 44.8 Å². The van der Waals surface area contributed by atoms with E-state index in [4.69, 9.17) is 4.74 Å². The second kappa shape index (κ2) is 4.19. The first-order valence-electron chi connectivity index (χ1n) is 6.76. The van der Waals surface area contributed by atoms with Crippen LogP contribution in [0.3, 0.4) is 0 Å². The summed E-state index contributed by atoms with van der Waals surface area (Å²) >= 11 is 0. The van der Waals surface area contributed by atoms with E-state index in [0.29, 0.717) is 0 Å². The monoisotopic (exact) mass is 249 g/mol. The van der Waals surface area contributed by atoms with Gasteiger partial charge in [0, 0.05) is 5.92 Å². The van der Waals surface area contributed by atoms with Crippen LogP contribution < -0.4 is 0 Å². The number of nitrogens with zero attached hydrogens (tertiary/aromatic N) is 1. The fraction of sp³-hybridized carbons (Fsp3) is 0.714. The lowest BCUT2D eigenvalue weighted by Gasteiger charge is -2.56. The molecule has 0 bridgehead atoms. The lowest BCUT2D eigenvalue weighted by atomic mass is 9.61. The predicted molar refractivity (Wildman–Crippen MR) is 65.9 cm³/mol. The minimum atomic E-state index is -0.697. The smallest absolute Gasteiger partial charge is 0.327 e. The van der Waals surface area contributed by atoms with Crippen LogP contribution in [0.15, 0.2) is 12.2 Å². The highest BCUT2D eigenvalue weighted by atomic mass is 16.5.